The molecule has 21 heavy (non-hydrogen) atoms. The van der Waals surface area contributed by atoms with E-state index in [1.54, 1.807) is 18.2 Å². The summed E-state index contributed by atoms with van der Waals surface area (Å²) in [5.41, 5.74) is 0.558. The summed E-state index contributed by atoms with van der Waals surface area (Å²) in [7, 11) is 1.51. The molecule has 0 aliphatic heterocycles. The van der Waals surface area contributed by atoms with Gasteiger partial charge in [0.2, 0.25) is 0 Å². The molecule has 1 rings (SSSR count). The maximum absolute atomic E-state index is 11.3. The number of hydrogen-bond acceptors (Lipinski definition) is 5. The fraction of sp³-hybridized carbons (Fsp3) is 0.562. The van der Waals surface area contributed by atoms with Crippen molar-refractivity contribution in [2.45, 2.75) is 32.8 Å². The molecule has 0 saturated carbocycles. The number of Topliss-reactive ketones (excluding diaryl/α,β-unsaturated/α-hetero) is 1. The molecule has 1 aromatic carbocycles. The molecule has 1 N–H and O–H groups in total. The van der Waals surface area contributed by atoms with Crippen LogP contribution in [-0.2, 0) is 4.74 Å². The van der Waals surface area contributed by atoms with Gasteiger partial charge in [0.05, 0.1) is 13.7 Å². The zero-order valence-electron chi connectivity index (χ0n) is 12.9. The van der Waals surface area contributed by atoms with E-state index >= 15 is 0 Å². The predicted octanol–water partition coefficient (Wildman–Crippen LogP) is 2.45. The molecule has 0 amide bonds. The van der Waals surface area contributed by atoms with Crippen molar-refractivity contribution in [1.82, 2.24) is 0 Å². The molecule has 5 nitrogen and oxygen atoms in total. The average Bonchev–Trinajstić information content (AvgIpc) is 2.49. The van der Waals surface area contributed by atoms with Gasteiger partial charge in [-0.3, -0.25) is 4.79 Å². The van der Waals surface area contributed by atoms with Crippen LogP contribution in [0.1, 0.15) is 37.0 Å². The third-order valence-corrected chi connectivity index (χ3v) is 2.95. The van der Waals surface area contributed by atoms with Gasteiger partial charge >= 0.3 is 0 Å². The average molecular weight is 296 g/mol. The van der Waals surface area contributed by atoms with Crippen LogP contribution in [0.3, 0.4) is 0 Å². The van der Waals surface area contributed by atoms with Gasteiger partial charge in [-0.25, -0.2) is 0 Å². The van der Waals surface area contributed by atoms with Crippen LogP contribution >= 0.6 is 0 Å². The first-order valence-electron chi connectivity index (χ1n) is 7.16. The molecule has 5 heteroatoms. The second kappa shape index (κ2) is 9.37. The Labute approximate surface area is 125 Å². The minimum Gasteiger partial charge on any atom is -0.493 e. The van der Waals surface area contributed by atoms with E-state index in [0.717, 1.165) is 12.8 Å². The lowest BCUT2D eigenvalue weighted by Gasteiger charge is -2.15. The van der Waals surface area contributed by atoms with Gasteiger partial charge in [-0.2, -0.15) is 0 Å². The summed E-state index contributed by atoms with van der Waals surface area (Å²) in [6.07, 6.45) is 1.35. The second-order valence-corrected chi connectivity index (χ2v) is 4.82. The molecule has 0 aromatic heterocycles. The van der Waals surface area contributed by atoms with Crippen LogP contribution in [0, 0.1) is 0 Å². The molecule has 1 aromatic rings. The number of aliphatic hydroxyl groups is 1. The highest BCUT2D eigenvalue weighted by Gasteiger charge is 2.11. The highest BCUT2D eigenvalue weighted by atomic mass is 16.5. The summed E-state index contributed by atoms with van der Waals surface area (Å²) >= 11 is 0. The molecule has 0 aliphatic rings. The Balaban J connectivity index is 2.49. The van der Waals surface area contributed by atoms with Crippen LogP contribution in [-0.4, -0.2) is 43.9 Å². The number of hydrogen-bond donors (Lipinski definition) is 1. The molecule has 0 saturated heterocycles. The molecule has 1 unspecified atom stereocenters. The van der Waals surface area contributed by atoms with Crippen LogP contribution in [0.15, 0.2) is 18.2 Å². The van der Waals surface area contributed by atoms with E-state index in [2.05, 4.69) is 6.92 Å². The number of benzene rings is 1. The summed E-state index contributed by atoms with van der Waals surface area (Å²) in [5.74, 6) is 0.932. The van der Waals surface area contributed by atoms with Crippen molar-refractivity contribution < 1.29 is 24.1 Å². The summed E-state index contributed by atoms with van der Waals surface area (Å²) < 4.78 is 16.0. The molecule has 0 aliphatic carbocycles. The number of unbranched alkanes of at least 4 members (excludes halogenated alkanes) is 1. The highest BCUT2D eigenvalue weighted by molar-refractivity contribution is 5.94. The molecule has 0 radical (unpaired) electrons. The van der Waals surface area contributed by atoms with E-state index < -0.39 is 6.10 Å². The third kappa shape index (κ3) is 6.14. The van der Waals surface area contributed by atoms with Crippen molar-refractivity contribution in [3.63, 3.8) is 0 Å². The van der Waals surface area contributed by atoms with E-state index in [-0.39, 0.29) is 19.0 Å². The quantitative estimate of drug-likeness (QED) is 0.531. The van der Waals surface area contributed by atoms with Gasteiger partial charge in [-0.15, -0.1) is 0 Å². The first-order valence-corrected chi connectivity index (χ1v) is 7.16. The van der Waals surface area contributed by atoms with Crippen molar-refractivity contribution in [2.24, 2.45) is 0 Å². The van der Waals surface area contributed by atoms with Crippen molar-refractivity contribution in [3.05, 3.63) is 23.8 Å². The van der Waals surface area contributed by atoms with Crippen LogP contribution in [0.2, 0.25) is 0 Å². The van der Waals surface area contributed by atoms with E-state index in [0.29, 0.717) is 23.7 Å². The first-order chi connectivity index (χ1) is 10.1. The molecular weight excluding hydrogens is 272 g/mol. The Bertz CT molecular complexity index is 444. The molecule has 118 valence electrons. The second-order valence-electron chi connectivity index (χ2n) is 4.82. The molecule has 0 fully saturated rings. The largest absolute Gasteiger partial charge is 0.493 e. The van der Waals surface area contributed by atoms with E-state index in [1.165, 1.54) is 14.0 Å². The Morgan fingerprint density at radius 3 is 2.67 bits per heavy atom. The van der Waals surface area contributed by atoms with Gasteiger partial charge in [0, 0.05) is 12.2 Å². The van der Waals surface area contributed by atoms with Crippen molar-refractivity contribution >= 4 is 5.78 Å². The Morgan fingerprint density at radius 2 is 2.05 bits per heavy atom. The Kier molecular flexibility index (Phi) is 7.79. The maximum Gasteiger partial charge on any atom is 0.161 e. The number of carbonyl (C=O) groups is 1. The topological polar surface area (TPSA) is 65.0 Å². The predicted molar refractivity (Wildman–Crippen MR) is 80.2 cm³/mol. The highest BCUT2D eigenvalue weighted by Crippen LogP contribution is 2.28. The lowest BCUT2D eigenvalue weighted by atomic mass is 10.1. The molecular formula is C16H24O5. The van der Waals surface area contributed by atoms with Crippen LogP contribution in [0.4, 0.5) is 0 Å². The number of methoxy groups -OCH3 is 1. The van der Waals surface area contributed by atoms with Crippen LogP contribution < -0.4 is 9.47 Å². The smallest absolute Gasteiger partial charge is 0.161 e. The molecule has 1 atom stereocenters. The van der Waals surface area contributed by atoms with Gasteiger partial charge in [-0.1, -0.05) is 13.3 Å². The molecule has 0 spiro atoms. The van der Waals surface area contributed by atoms with Gasteiger partial charge in [0.1, 0.15) is 12.7 Å². The first kappa shape index (κ1) is 17.5. The fourth-order valence-corrected chi connectivity index (χ4v) is 1.71. The minimum absolute atomic E-state index is 0.0378. The standard InChI is InChI=1S/C16H24O5/c1-4-5-8-20-10-14(18)11-21-15-7-6-13(12(2)17)9-16(15)19-3/h6-7,9,14,18H,4-5,8,10-11H2,1-3H3. The summed E-state index contributed by atoms with van der Waals surface area (Å²) in [4.78, 5) is 11.3. The summed E-state index contributed by atoms with van der Waals surface area (Å²) in [6, 6.07) is 4.96. The zero-order chi connectivity index (χ0) is 15.7. The van der Waals surface area contributed by atoms with Gasteiger partial charge in [-0.05, 0) is 31.5 Å². The maximum atomic E-state index is 11.3. The lowest BCUT2D eigenvalue weighted by molar-refractivity contribution is 0.0109. The Hall–Kier alpha value is -1.59. The summed E-state index contributed by atoms with van der Waals surface area (Å²) in [6.45, 7) is 4.58. The van der Waals surface area contributed by atoms with Crippen molar-refractivity contribution in [1.29, 1.82) is 0 Å². The van der Waals surface area contributed by atoms with Crippen LogP contribution in [0.5, 0.6) is 11.5 Å². The monoisotopic (exact) mass is 296 g/mol. The molecule has 0 heterocycles. The van der Waals surface area contributed by atoms with Crippen molar-refractivity contribution in [3.8, 4) is 11.5 Å². The number of carbonyl (C=O) groups excluding carboxylic acids is 1. The van der Waals surface area contributed by atoms with Gasteiger partial charge < -0.3 is 19.3 Å². The van der Waals surface area contributed by atoms with Crippen molar-refractivity contribution in [2.75, 3.05) is 26.9 Å². The number of ether oxygens (including phenoxy) is 3. The van der Waals surface area contributed by atoms with E-state index in [4.69, 9.17) is 14.2 Å². The Morgan fingerprint density at radius 1 is 1.29 bits per heavy atom. The zero-order valence-corrected chi connectivity index (χ0v) is 12.9. The minimum atomic E-state index is -0.695. The number of ketones is 1. The third-order valence-electron chi connectivity index (χ3n) is 2.95. The van der Waals surface area contributed by atoms with Crippen LogP contribution in [0.25, 0.3) is 0 Å². The lowest BCUT2D eigenvalue weighted by Crippen LogP contribution is -2.23. The van der Waals surface area contributed by atoms with Gasteiger partial charge in [0.15, 0.2) is 17.3 Å². The number of rotatable bonds is 10. The van der Waals surface area contributed by atoms with E-state index in [9.17, 15) is 9.90 Å². The molecule has 0 bridgehead atoms. The number of aliphatic hydroxyl groups excluding tert-OH is 1. The summed E-state index contributed by atoms with van der Waals surface area (Å²) in [5, 5.41) is 9.77. The van der Waals surface area contributed by atoms with E-state index in [1.807, 2.05) is 0 Å². The fourth-order valence-electron chi connectivity index (χ4n) is 1.71. The normalized spacial score (nSPS) is 12.0. The van der Waals surface area contributed by atoms with Gasteiger partial charge in [0.25, 0.3) is 0 Å². The SMILES string of the molecule is CCCCOCC(O)COc1ccc(C(C)=O)cc1OC.